The first-order valence-electron chi connectivity index (χ1n) is 6.53. The highest BCUT2D eigenvalue weighted by Gasteiger charge is 2.06. The zero-order chi connectivity index (χ0) is 12.5. The average Bonchev–Trinajstić information content (AvgIpc) is 2.39. The van der Waals surface area contributed by atoms with Gasteiger partial charge in [-0.05, 0) is 12.3 Å². The smallest absolute Gasteiger partial charge is 0.131 e. The number of hydrogen-bond donors (Lipinski definition) is 2. The topological polar surface area (TPSA) is 49.8 Å². The fourth-order valence-corrected chi connectivity index (χ4v) is 1.78. The van der Waals surface area contributed by atoms with Crippen LogP contribution in [0.4, 0.5) is 11.6 Å². The number of unbranched alkanes of at least 4 members (excludes halogenated alkanes) is 1. The van der Waals surface area contributed by atoms with Gasteiger partial charge in [0.15, 0.2) is 0 Å². The number of hydrogen-bond acceptors (Lipinski definition) is 4. The van der Waals surface area contributed by atoms with Gasteiger partial charge in [-0.3, -0.25) is 0 Å². The summed E-state index contributed by atoms with van der Waals surface area (Å²) in [6.45, 7) is 5.49. The van der Waals surface area contributed by atoms with Gasteiger partial charge in [-0.1, -0.05) is 33.1 Å². The van der Waals surface area contributed by atoms with Crippen LogP contribution in [0.15, 0.2) is 12.4 Å². The Morgan fingerprint density at radius 2 is 2.00 bits per heavy atom. The second kappa shape index (κ2) is 7.87. The Balaban J connectivity index is 2.41. The van der Waals surface area contributed by atoms with E-state index >= 15 is 0 Å². The maximum atomic E-state index is 4.21. The lowest BCUT2D eigenvalue weighted by Gasteiger charge is -2.15. The van der Waals surface area contributed by atoms with Crippen molar-refractivity contribution in [3.05, 3.63) is 12.4 Å². The van der Waals surface area contributed by atoms with E-state index in [0.29, 0.717) is 0 Å². The van der Waals surface area contributed by atoms with Crippen LogP contribution < -0.4 is 10.6 Å². The zero-order valence-corrected chi connectivity index (χ0v) is 11.2. The van der Waals surface area contributed by atoms with Crippen molar-refractivity contribution in [1.82, 2.24) is 9.97 Å². The van der Waals surface area contributed by atoms with Crippen molar-refractivity contribution in [3.63, 3.8) is 0 Å². The van der Waals surface area contributed by atoms with Gasteiger partial charge in [0.05, 0.1) is 0 Å². The molecule has 0 saturated heterocycles. The van der Waals surface area contributed by atoms with Crippen molar-refractivity contribution in [2.45, 2.75) is 39.5 Å². The van der Waals surface area contributed by atoms with E-state index in [1.54, 1.807) is 6.33 Å². The van der Waals surface area contributed by atoms with Crippen molar-refractivity contribution >= 4 is 11.6 Å². The van der Waals surface area contributed by atoms with E-state index in [2.05, 4.69) is 34.4 Å². The number of anilines is 2. The van der Waals surface area contributed by atoms with E-state index in [1.165, 1.54) is 25.7 Å². The highest BCUT2D eigenvalue weighted by Crippen LogP contribution is 2.14. The van der Waals surface area contributed by atoms with Crippen LogP contribution in [-0.2, 0) is 0 Å². The molecular formula is C13H24N4. The first-order valence-corrected chi connectivity index (χ1v) is 6.53. The van der Waals surface area contributed by atoms with Crippen LogP contribution in [-0.4, -0.2) is 23.6 Å². The fourth-order valence-electron chi connectivity index (χ4n) is 1.78. The van der Waals surface area contributed by atoms with Gasteiger partial charge in [-0.2, -0.15) is 0 Å². The van der Waals surface area contributed by atoms with Crippen LogP contribution in [0.5, 0.6) is 0 Å². The Morgan fingerprint density at radius 1 is 1.24 bits per heavy atom. The number of aromatic nitrogens is 2. The molecule has 0 saturated carbocycles. The summed E-state index contributed by atoms with van der Waals surface area (Å²) in [4.78, 5) is 8.30. The largest absolute Gasteiger partial charge is 0.373 e. The van der Waals surface area contributed by atoms with Crippen LogP contribution in [0, 0.1) is 5.92 Å². The fraction of sp³-hybridized carbons (Fsp3) is 0.692. The minimum Gasteiger partial charge on any atom is -0.373 e. The first-order chi connectivity index (χ1) is 8.30. The first kappa shape index (κ1) is 13.7. The van der Waals surface area contributed by atoms with Crippen molar-refractivity contribution in [3.8, 4) is 0 Å². The van der Waals surface area contributed by atoms with E-state index in [4.69, 9.17) is 0 Å². The molecule has 0 amide bonds. The molecule has 0 bridgehead atoms. The summed E-state index contributed by atoms with van der Waals surface area (Å²) in [7, 11) is 1.86. The molecule has 0 spiro atoms. The summed E-state index contributed by atoms with van der Waals surface area (Å²) in [5, 5.41) is 6.40. The van der Waals surface area contributed by atoms with Gasteiger partial charge in [0.1, 0.15) is 18.0 Å². The highest BCUT2D eigenvalue weighted by molar-refractivity contribution is 5.45. The molecule has 0 aromatic carbocycles. The standard InChI is InChI=1S/C13H24N4/c1-4-6-7-11(5-2)9-15-13-8-12(14-3)16-10-17-13/h8,10-11H,4-7,9H2,1-3H3,(H2,14,15,16,17)/t11-/m1/s1. The van der Waals surface area contributed by atoms with Crippen LogP contribution in [0.3, 0.4) is 0 Å². The third-order valence-corrected chi connectivity index (χ3v) is 3.04. The van der Waals surface area contributed by atoms with Gasteiger partial charge in [0.25, 0.3) is 0 Å². The monoisotopic (exact) mass is 236 g/mol. The van der Waals surface area contributed by atoms with Crippen LogP contribution in [0.1, 0.15) is 39.5 Å². The Hall–Kier alpha value is -1.32. The van der Waals surface area contributed by atoms with Gasteiger partial charge in [-0.15, -0.1) is 0 Å². The van der Waals surface area contributed by atoms with E-state index in [9.17, 15) is 0 Å². The lowest BCUT2D eigenvalue weighted by Crippen LogP contribution is -2.14. The third-order valence-electron chi connectivity index (χ3n) is 3.04. The summed E-state index contributed by atoms with van der Waals surface area (Å²) in [6.07, 6.45) is 6.68. The average molecular weight is 236 g/mol. The second-order valence-corrected chi connectivity index (χ2v) is 4.34. The summed E-state index contributed by atoms with van der Waals surface area (Å²) >= 11 is 0. The van der Waals surface area contributed by atoms with Gasteiger partial charge in [0.2, 0.25) is 0 Å². The molecule has 17 heavy (non-hydrogen) atoms. The lowest BCUT2D eigenvalue weighted by molar-refractivity contribution is 0.472. The molecule has 0 unspecified atom stereocenters. The molecule has 2 N–H and O–H groups in total. The molecule has 0 radical (unpaired) electrons. The summed E-state index contributed by atoms with van der Waals surface area (Å²) in [5.41, 5.74) is 0. The molecule has 0 aliphatic carbocycles. The van der Waals surface area contributed by atoms with Gasteiger partial charge in [-0.25, -0.2) is 9.97 Å². The summed E-state index contributed by atoms with van der Waals surface area (Å²) < 4.78 is 0. The minimum absolute atomic E-state index is 0.739. The second-order valence-electron chi connectivity index (χ2n) is 4.34. The molecule has 0 aliphatic heterocycles. The van der Waals surface area contributed by atoms with Crippen molar-refractivity contribution < 1.29 is 0 Å². The Labute approximate surface area is 104 Å². The molecule has 0 fully saturated rings. The Kier molecular flexibility index (Phi) is 6.37. The number of nitrogens with zero attached hydrogens (tertiary/aromatic N) is 2. The zero-order valence-electron chi connectivity index (χ0n) is 11.2. The molecule has 4 nitrogen and oxygen atoms in total. The molecular weight excluding hydrogens is 212 g/mol. The SMILES string of the molecule is CCCC[C@@H](CC)CNc1cc(NC)ncn1. The third kappa shape index (κ3) is 5.02. The van der Waals surface area contributed by atoms with Gasteiger partial charge in [0, 0.05) is 19.7 Å². The quantitative estimate of drug-likeness (QED) is 0.728. The maximum absolute atomic E-state index is 4.21. The molecule has 96 valence electrons. The van der Waals surface area contributed by atoms with Crippen molar-refractivity contribution in [1.29, 1.82) is 0 Å². The summed E-state index contributed by atoms with van der Waals surface area (Å²) in [5.74, 6) is 2.49. The van der Waals surface area contributed by atoms with Crippen LogP contribution in [0.2, 0.25) is 0 Å². The highest BCUT2D eigenvalue weighted by atomic mass is 15.1. The predicted molar refractivity (Wildman–Crippen MR) is 73.4 cm³/mol. The molecule has 4 heteroatoms. The number of nitrogens with one attached hydrogen (secondary N) is 2. The van der Waals surface area contributed by atoms with Crippen molar-refractivity contribution in [2.75, 3.05) is 24.2 Å². The van der Waals surface area contributed by atoms with Gasteiger partial charge >= 0.3 is 0 Å². The van der Waals surface area contributed by atoms with Crippen LogP contribution >= 0.6 is 0 Å². The van der Waals surface area contributed by atoms with Gasteiger partial charge < -0.3 is 10.6 Å². The Bertz CT molecular complexity index is 314. The van der Waals surface area contributed by atoms with Crippen molar-refractivity contribution in [2.24, 2.45) is 5.92 Å². The molecule has 1 heterocycles. The molecule has 1 aromatic rings. The van der Waals surface area contributed by atoms with E-state index in [0.717, 1.165) is 24.1 Å². The molecule has 1 aromatic heterocycles. The van der Waals surface area contributed by atoms with E-state index in [1.807, 2.05) is 13.1 Å². The Morgan fingerprint density at radius 3 is 2.65 bits per heavy atom. The van der Waals surface area contributed by atoms with E-state index < -0.39 is 0 Å². The predicted octanol–water partition coefficient (Wildman–Crippen LogP) is 3.15. The number of rotatable bonds is 8. The molecule has 1 atom stereocenters. The van der Waals surface area contributed by atoms with Crippen LogP contribution in [0.25, 0.3) is 0 Å². The minimum atomic E-state index is 0.739. The lowest BCUT2D eigenvalue weighted by atomic mass is 9.99. The maximum Gasteiger partial charge on any atom is 0.131 e. The summed E-state index contributed by atoms with van der Waals surface area (Å²) in [6, 6.07) is 1.94. The molecule has 1 rings (SSSR count). The normalized spacial score (nSPS) is 12.2. The molecule has 0 aliphatic rings. The van der Waals surface area contributed by atoms with E-state index in [-0.39, 0.29) is 0 Å².